The van der Waals surface area contributed by atoms with E-state index in [-0.39, 0.29) is 42.2 Å². The topological polar surface area (TPSA) is 171 Å². The van der Waals surface area contributed by atoms with Crippen molar-refractivity contribution < 1.29 is 19.0 Å². The second kappa shape index (κ2) is 10.8. The predicted octanol–water partition coefficient (Wildman–Crippen LogP) is 1.10. The SMILES string of the molecule is O=C(NCc1cn(CCNc2nonc2C(=NCc2ccc(F)cc2)NO)nn1)c1ccc[nH]1. The number of aliphatic imine (C=N–C) groups is 1. The van der Waals surface area contributed by atoms with Gasteiger partial charge in [0.05, 0.1) is 25.8 Å². The van der Waals surface area contributed by atoms with Gasteiger partial charge in [0.2, 0.25) is 5.82 Å². The van der Waals surface area contributed by atoms with Crippen molar-refractivity contribution in [2.45, 2.75) is 19.6 Å². The molecule has 3 aromatic heterocycles. The van der Waals surface area contributed by atoms with Crippen LogP contribution in [0.2, 0.25) is 0 Å². The summed E-state index contributed by atoms with van der Waals surface area (Å²) < 4.78 is 19.4. The minimum absolute atomic E-state index is 0.0360. The second-order valence-corrected chi connectivity index (χ2v) is 7.03. The maximum Gasteiger partial charge on any atom is 0.268 e. The van der Waals surface area contributed by atoms with E-state index in [4.69, 9.17) is 4.63 Å². The number of nitrogens with one attached hydrogen (secondary N) is 4. The molecule has 0 saturated heterocycles. The molecular weight excluding hydrogens is 447 g/mol. The van der Waals surface area contributed by atoms with Crippen molar-refractivity contribution >= 4 is 17.6 Å². The van der Waals surface area contributed by atoms with Gasteiger partial charge in [0, 0.05) is 12.7 Å². The highest BCUT2D eigenvalue weighted by molar-refractivity contribution is 6.00. The Kier molecular flexibility index (Phi) is 7.19. The van der Waals surface area contributed by atoms with E-state index in [1.807, 2.05) is 5.48 Å². The average molecular weight is 468 g/mol. The lowest BCUT2D eigenvalue weighted by molar-refractivity contribution is 0.0946. The molecule has 4 rings (SSSR count). The molecule has 176 valence electrons. The zero-order chi connectivity index (χ0) is 23.8. The molecule has 0 aliphatic rings. The third kappa shape index (κ3) is 5.80. The Morgan fingerprint density at radius 3 is 2.85 bits per heavy atom. The second-order valence-electron chi connectivity index (χ2n) is 7.03. The van der Waals surface area contributed by atoms with E-state index in [1.54, 1.807) is 41.3 Å². The van der Waals surface area contributed by atoms with Crippen molar-refractivity contribution in [3.8, 4) is 0 Å². The number of carbonyl (C=O) groups excluding carboxylic acids is 1. The third-order valence-electron chi connectivity index (χ3n) is 4.64. The number of carbonyl (C=O) groups is 1. The van der Waals surface area contributed by atoms with Crippen molar-refractivity contribution in [3.05, 3.63) is 77.3 Å². The van der Waals surface area contributed by atoms with Crippen LogP contribution in [0.1, 0.15) is 27.4 Å². The molecule has 0 saturated carbocycles. The van der Waals surface area contributed by atoms with E-state index in [9.17, 15) is 14.4 Å². The van der Waals surface area contributed by atoms with Crippen LogP contribution in [0, 0.1) is 5.82 Å². The maximum absolute atomic E-state index is 13.0. The standard InChI is InChI=1S/C20H21FN10O3/c21-14-5-3-13(4-6-14)10-24-18(27-33)17-19(29-34-28-17)23-8-9-31-12-15(26-30-31)11-25-20(32)16-2-1-7-22-16/h1-7,12,22,33H,8-11H2,(H,23,29)(H,24,27)(H,25,32). The highest BCUT2D eigenvalue weighted by Crippen LogP contribution is 2.11. The van der Waals surface area contributed by atoms with Crippen LogP contribution in [-0.4, -0.2) is 53.8 Å². The number of nitrogens with zero attached hydrogens (tertiary/aromatic N) is 6. The Balaban J connectivity index is 1.28. The van der Waals surface area contributed by atoms with E-state index in [0.29, 0.717) is 24.5 Å². The molecule has 0 aliphatic heterocycles. The molecule has 1 aromatic carbocycles. The Bertz CT molecular complexity index is 1230. The summed E-state index contributed by atoms with van der Waals surface area (Å²) in [5.74, 6) is -0.283. The summed E-state index contributed by atoms with van der Waals surface area (Å²) in [4.78, 5) is 19.0. The number of aromatic nitrogens is 6. The average Bonchev–Trinajstić information content (AvgIpc) is 3.62. The van der Waals surface area contributed by atoms with Crippen LogP contribution >= 0.6 is 0 Å². The fraction of sp³-hybridized carbons (Fsp3) is 0.200. The van der Waals surface area contributed by atoms with Crippen LogP contribution < -0.4 is 16.1 Å². The molecule has 3 heterocycles. The molecule has 0 unspecified atom stereocenters. The molecule has 5 N–H and O–H groups in total. The van der Waals surface area contributed by atoms with Gasteiger partial charge < -0.3 is 15.6 Å². The third-order valence-corrected chi connectivity index (χ3v) is 4.64. The van der Waals surface area contributed by atoms with Gasteiger partial charge in [-0.2, -0.15) is 0 Å². The summed E-state index contributed by atoms with van der Waals surface area (Å²) in [6.45, 7) is 1.23. The minimum atomic E-state index is -0.346. The van der Waals surface area contributed by atoms with Crippen LogP contribution in [0.15, 0.2) is 58.4 Å². The lowest BCUT2D eigenvalue weighted by Gasteiger charge is -2.06. The zero-order valence-electron chi connectivity index (χ0n) is 17.8. The van der Waals surface area contributed by atoms with Crippen molar-refractivity contribution in [2.24, 2.45) is 4.99 Å². The normalized spacial score (nSPS) is 11.4. The van der Waals surface area contributed by atoms with Crippen LogP contribution in [-0.2, 0) is 19.6 Å². The van der Waals surface area contributed by atoms with Crippen LogP contribution in [0.25, 0.3) is 0 Å². The number of aromatic amines is 1. The first kappa shape index (κ1) is 22.6. The van der Waals surface area contributed by atoms with Crippen molar-refractivity contribution in [2.75, 3.05) is 11.9 Å². The smallest absolute Gasteiger partial charge is 0.268 e. The van der Waals surface area contributed by atoms with E-state index in [2.05, 4.69) is 41.2 Å². The van der Waals surface area contributed by atoms with Gasteiger partial charge in [-0.3, -0.25) is 25.2 Å². The number of benzene rings is 1. The lowest BCUT2D eigenvalue weighted by Crippen LogP contribution is -2.23. The minimum Gasteiger partial charge on any atom is -0.363 e. The summed E-state index contributed by atoms with van der Waals surface area (Å²) in [6, 6.07) is 9.25. The molecular formula is C20H21FN10O3. The van der Waals surface area contributed by atoms with Crippen LogP contribution in [0.4, 0.5) is 10.2 Å². The summed E-state index contributed by atoms with van der Waals surface area (Å²) >= 11 is 0. The van der Waals surface area contributed by atoms with Gasteiger partial charge in [0.25, 0.3) is 5.91 Å². The first-order valence-corrected chi connectivity index (χ1v) is 10.2. The number of hydroxylamine groups is 1. The molecule has 34 heavy (non-hydrogen) atoms. The molecule has 0 aliphatic carbocycles. The zero-order valence-corrected chi connectivity index (χ0v) is 17.8. The highest BCUT2D eigenvalue weighted by atomic mass is 19.1. The number of amidine groups is 1. The fourth-order valence-corrected chi connectivity index (χ4v) is 2.94. The van der Waals surface area contributed by atoms with Crippen molar-refractivity contribution in [1.82, 2.24) is 41.1 Å². The van der Waals surface area contributed by atoms with Crippen LogP contribution in [0.5, 0.6) is 0 Å². The van der Waals surface area contributed by atoms with Crippen molar-refractivity contribution in [1.29, 1.82) is 0 Å². The molecule has 4 aromatic rings. The molecule has 1 amide bonds. The predicted molar refractivity (Wildman–Crippen MR) is 116 cm³/mol. The van der Waals surface area contributed by atoms with E-state index in [1.165, 1.54) is 12.1 Å². The molecule has 0 radical (unpaired) electrons. The summed E-state index contributed by atoms with van der Waals surface area (Å²) in [7, 11) is 0. The summed E-state index contributed by atoms with van der Waals surface area (Å²) in [6.07, 6.45) is 3.38. The van der Waals surface area contributed by atoms with E-state index in [0.717, 1.165) is 5.56 Å². The maximum atomic E-state index is 13.0. The quantitative estimate of drug-likeness (QED) is 0.130. The number of amides is 1. The number of hydrogen-bond acceptors (Lipinski definition) is 9. The van der Waals surface area contributed by atoms with Crippen molar-refractivity contribution in [3.63, 3.8) is 0 Å². The Morgan fingerprint density at radius 1 is 1.24 bits per heavy atom. The highest BCUT2D eigenvalue weighted by Gasteiger charge is 2.16. The largest absolute Gasteiger partial charge is 0.363 e. The molecule has 0 spiro atoms. The monoisotopic (exact) mass is 468 g/mol. The first-order chi connectivity index (χ1) is 16.6. The summed E-state index contributed by atoms with van der Waals surface area (Å²) in [5.41, 5.74) is 3.96. The van der Waals surface area contributed by atoms with Gasteiger partial charge >= 0.3 is 0 Å². The molecule has 13 nitrogen and oxygen atoms in total. The number of H-pyrrole nitrogens is 1. The first-order valence-electron chi connectivity index (χ1n) is 10.2. The lowest BCUT2D eigenvalue weighted by atomic mass is 10.2. The molecule has 14 heteroatoms. The summed E-state index contributed by atoms with van der Waals surface area (Å²) in [5, 5.41) is 30.9. The fourth-order valence-electron chi connectivity index (χ4n) is 2.94. The van der Waals surface area contributed by atoms with Gasteiger partial charge in [-0.1, -0.05) is 17.3 Å². The number of halogens is 1. The van der Waals surface area contributed by atoms with E-state index < -0.39 is 0 Å². The Labute approximate surface area is 192 Å². The van der Waals surface area contributed by atoms with Gasteiger partial charge in [0.1, 0.15) is 17.2 Å². The number of hydrogen-bond donors (Lipinski definition) is 5. The number of rotatable bonds is 10. The Morgan fingerprint density at radius 2 is 2.09 bits per heavy atom. The van der Waals surface area contributed by atoms with Gasteiger partial charge in [-0.25, -0.2) is 9.02 Å². The molecule has 0 atom stereocenters. The van der Waals surface area contributed by atoms with Gasteiger partial charge in [-0.15, -0.1) is 5.10 Å². The molecule has 0 fully saturated rings. The molecule has 0 bridgehead atoms. The Hall–Kier alpha value is -4.59. The number of anilines is 1. The van der Waals surface area contributed by atoms with Crippen LogP contribution in [0.3, 0.4) is 0 Å². The van der Waals surface area contributed by atoms with Gasteiger partial charge in [-0.05, 0) is 40.1 Å². The van der Waals surface area contributed by atoms with Gasteiger partial charge in [0.15, 0.2) is 11.5 Å². The van der Waals surface area contributed by atoms with E-state index >= 15 is 0 Å².